The zero-order chi connectivity index (χ0) is 12.0. The van der Waals surface area contributed by atoms with Crippen molar-refractivity contribution in [3.63, 3.8) is 0 Å². The lowest BCUT2D eigenvalue weighted by Gasteiger charge is -2.10. The molecule has 0 bridgehead atoms. The summed E-state index contributed by atoms with van der Waals surface area (Å²) in [5, 5.41) is 2.82. The summed E-state index contributed by atoms with van der Waals surface area (Å²) < 4.78 is 6.58. The standard InChI is InChI=1S/C12H16INO2/c1-9(2)14-12(15)7-8-16-11-6-4-3-5-10(11)13/h3-6,9H,7-8H2,1-2H3,(H,14,15). The Morgan fingerprint density at radius 1 is 1.44 bits per heavy atom. The molecule has 0 aliphatic carbocycles. The van der Waals surface area contributed by atoms with Gasteiger partial charge in [-0.3, -0.25) is 4.79 Å². The van der Waals surface area contributed by atoms with Crippen molar-refractivity contribution < 1.29 is 9.53 Å². The maximum atomic E-state index is 11.3. The summed E-state index contributed by atoms with van der Waals surface area (Å²) in [5.41, 5.74) is 0. The first-order chi connectivity index (χ1) is 7.59. The molecule has 88 valence electrons. The maximum absolute atomic E-state index is 11.3. The topological polar surface area (TPSA) is 38.3 Å². The van der Waals surface area contributed by atoms with Crippen LogP contribution in [-0.4, -0.2) is 18.6 Å². The Labute approximate surface area is 110 Å². The molecule has 0 atom stereocenters. The number of ether oxygens (including phenoxy) is 1. The molecule has 0 aromatic heterocycles. The highest BCUT2D eigenvalue weighted by Gasteiger charge is 2.04. The van der Waals surface area contributed by atoms with E-state index in [1.807, 2.05) is 38.1 Å². The van der Waals surface area contributed by atoms with Gasteiger partial charge in [0.25, 0.3) is 0 Å². The first kappa shape index (κ1) is 13.3. The van der Waals surface area contributed by atoms with Crippen LogP contribution in [0.1, 0.15) is 20.3 Å². The SMILES string of the molecule is CC(C)NC(=O)CCOc1ccccc1I. The van der Waals surface area contributed by atoms with Crippen molar-refractivity contribution in [2.45, 2.75) is 26.3 Å². The number of halogens is 1. The lowest BCUT2D eigenvalue weighted by molar-refractivity contribution is -0.122. The average molecular weight is 333 g/mol. The molecule has 0 aliphatic rings. The molecule has 1 aromatic carbocycles. The monoisotopic (exact) mass is 333 g/mol. The number of para-hydroxylation sites is 1. The summed E-state index contributed by atoms with van der Waals surface area (Å²) >= 11 is 2.21. The molecule has 0 spiro atoms. The Hall–Kier alpha value is -0.780. The predicted octanol–water partition coefficient (Wildman–Crippen LogP) is 2.58. The van der Waals surface area contributed by atoms with Crippen LogP contribution in [0.15, 0.2) is 24.3 Å². The van der Waals surface area contributed by atoms with Gasteiger partial charge >= 0.3 is 0 Å². The van der Waals surface area contributed by atoms with Gasteiger partial charge in [-0.2, -0.15) is 0 Å². The number of benzene rings is 1. The fraction of sp³-hybridized carbons (Fsp3) is 0.417. The van der Waals surface area contributed by atoms with E-state index in [9.17, 15) is 4.79 Å². The van der Waals surface area contributed by atoms with E-state index in [0.717, 1.165) is 9.32 Å². The third-order valence-electron chi connectivity index (χ3n) is 1.87. The molecule has 0 fully saturated rings. The summed E-state index contributed by atoms with van der Waals surface area (Å²) in [6, 6.07) is 7.95. The predicted molar refractivity (Wildman–Crippen MR) is 72.5 cm³/mol. The van der Waals surface area contributed by atoms with Crippen LogP contribution in [0.3, 0.4) is 0 Å². The Bertz CT molecular complexity index is 353. The highest BCUT2D eigenvalue weighted by atomic mass is 127. The van der Waals surface area contributed by atoms with E-state index in [0.29, 0.717) is 13.0 Å². The quantitative estimate of drug-likeness (QED) is 0.841. The number of hydrogen-bond donors (Lipinski definition) is 1. The largest absolute Gasteiger partial charge is 0.492 e. The molecule has 0 saturated heterocycles. The molecule has 0 heterocycles. The maximum Gasteiger partial charge on any atom is 0.223 e. The average Bonchev–Trinajstić information content (AvgIpc) is 2.19. The van der Waals surface area contributed by atoms with E-state index in [1.54, 1.807) is 0 Å². The van der Waals surface area contributed by atoms with E-state index in [4.69, 9.17) is 4.74 Å². The second-order valence-corrected chi connectivity index (χ2v) is 4.91. The molecule has 0 unspecified atom stereocenters. The second kappa shape index (κ2) is 6.73. The van der Waals surface area contributed by atoms with Crippen molar-refractivity contribution in [2.75, 3.05) is 6.61 Å². The number of nitrogens with one attached hydrogen (secondary N) is 1. The Morgan fingerprint density at radius 2 is 2.12 bits per heavy atom. The Balaban J connectivity index is 2.31. The van der Waals surface area contributed by atoms with E-state index in [-0.39, 0.29) is 11.9 Å². The third kappa shape index (κ3) is 4.83. The zero-order valence-corrected chi connectivity index (χ0v) is 11.7. The van der Waals surface area contributed by atoms with Crippen LogP contribution in [0.2, 0.25) is 0 Å². The van der Waals surface area contributed by atoms with Gasteiger partial charge in [0.05, 0.1) is 16.6 Å². The minimum absolute atomic E-state index is 0.0286. The fourth-order valence-corrected chi connectivity index (χ4v) is 1.75. The molecular formula is C12H16INO2. The van der Waals surface area contributed by atoms with Gasteiger partial charge in [0, 0.05) is 6.04 Å². The first-order valence-electron chi connectivity index (χ1n) is 5.26. The van der Waals surface area contributed by atoms with Gasteiger partial charge in [0.1, 0.15) is 5.75 Å². The van der Waals surface area contributed by atoms with Crippen molar-refractivity contribution in [2.24, 2.45) is 0 Å². The number of carbonyl (C=O) groups excluding carboxylic acids is 1. The van der Waals surface area contributed by atoms with Crippen LogP contribution in [0.25, 0.3) is 0 Å². The molecule has 1 amide bonds. The number of rotatable bonds is 5. The minimum Gasteiger partial charge on any atom is -0.492 e. The van der Waals surface area contributed by atoms with Gasteiger partial charge in [0.2, 0.25) is 5.91 Å². The molecule has 1 aromatic rings. The highest BCUT2D eigenvalue weighted by molar-refractivity contribution is 14.1. The molecule has 0 radical (unpaired) electrons. The summed E-state index contributed by atoms with van der Waals surface area (Å²) in [7, 11) is 0. The highest BCUT2D eigenvalue weighted by Crippen LogP contribution is 2.19. The van der Waals surface area contributed by atoms with E-state index in [2.05, 4.69) is 27.9 Å². The fourth-order valence-electron chi connectivity index (χ4n) is 1.21. The molecule has 16 heavy (non-hydrogen) atoms. The molecule has 4 heteroatoms. The van der Waals surface area contributed by atoms with Gasteiger partial charge in [-0.15, -0.1) is 0 Å². The van der Waals surface area contributed by atoms with Gasteiger partial charge in [-0.05, 0) is 48.6 Å². The molecular weight excluding hydrogens is 317 g/mol. The number of carbonyl (C=O) groups is 1. The van der Waals surface area contributed by atoms with Crippen LogP contribution in [-0.2, 0) is 4.79 Å². The van der Waals surface area contributed by atoms with E-state index >= 15 is 0 Å². The smallest absolute Gasteiger partial charge is 0.223 e. The molecule has 3 nitrogen and oxygen atoms in total. The normalized spacial score (nSPS) is 10.2. The van der Waals surface area contributed by atoms with Crippen LogP contribution >= 0.6 is 22.6 Å². The van der Waals surface area contributed by atoms with Crippen LogP contribution in [0, 0.1) is 3.57 Å². The van der Waals surface area contributed by atoms with E-state index < -0.39 is 0 Å². The molecule has 0 aliphatic heterocycles. The van der Waals surface area contributed by atoms with Crippen molar-refractivity contribution in [1.29, 1.82) is 0 Å². The van der Waals surface area contributed by atoms with Crippen molar-refractivity contribution in [3.05, 3.63) is 27.8 Å². The lowest BCUT2D eigenvalue weighted by Crippen LogP contribution is -2.31. The molecule has 0 saturated carbocycles. The molecule has 1 N–H and O–H groups in total. The first-order valence-corrected chi connectivity index (χ1v) is 6.34. The number of hydrogen-bond acceptors (Lipinski definition) is 2. The molecule has 1 rings (SSSR count). The summed E-state index contributed by atoms with van der Waals surface area (Å²) in [6.07, 6.45) is 0.392. The summed E-state index contributed by atoms with van der Waals surface area (Å²) in [6.45, 7) is 4.30. The minimum atomic E-state index is 0.0286. The second-order valence-electron chi connectivity index (χ2n) is 3.75. The van der Waals surface area contributed by atoms with Crippen LogP contribution in [0.5, 0.6) is 5.75 Å². The van der Waals surface area contributed by atoms with Gasteiger partial charge in [0.15, 0.2) is 0 Å². The summed E-state index contributed by atoms with van der Waals surface area (Å²) in [5.74, 6) is 0.862. The third-order valence-corrected chi connectivity index (χ3v) is 2.76. The zero-order valence-electron chi connectivity index (χ0n) is 9.50. The number of amides is 1. The Morgan fingerprint density at radius 3 is 2.75 bits per heavy atom. The van der Waals surface area contributed by atoms with Crippen molar-refractivity contribution >= 4 is 28.5 Å². The van der Waals surface area contributed by atoms with Crippen molar-refractivity contribution in [1.82, 2.24) is 5.32 Å². The Kier molecular flexibility index (Phi) is 5.59. The summed E-state index contributed by atoms with van der Waals surface area (Å²) in [4.78, 5) is 11.3. The van der Waals surface area contributed by atoms with Crippen LogP contribution < -0.4 is 10.1 Å². The van der Waals surface area contributed by atoms with Gasteiger partial charge in [-0.25, -0.2) is 0 Å². The van der Waals surface area contributed by atoms with Gasteiger partial charge < -0.3 is 10.1 Å². The van der Waals surface area contributed by atoms with E-state index in [1.165, 1.54) is 0 Å². The van der Waals surface area contributed by atoms with Gasteiger partial charge in [-0.1, -0.05) is 12.1 Å². The van der Waals surface area contributed by atoms with Crippen LogP contribution in [0.4, 0.5) is 0 Å². The lowest BCUT2D eigenvalue weighted by atomic mass is 10.3. The van der Waals surface area contributed by atoms with Crippen molar-refractivity contribution in [3.8, 4) is 5.75 Å².